The van der Waals surface area contributed by atoms with Gasteiger partial charge >= 0.3 is 0 Å². The van der Waals surface area contributed by atoms with Crippen LogP contribution in [0.5, 0.6) is 5.75 Å². The Morgan fingerprint density at radius 2 is 1.77 bits per heavy atom. The molecular weight excluding hydrogens is 322 g/mol. The molecule has 2 aliphatic heterocycles. The number of hydrogen-bond acceptors (Lipinski definition) is 3. The van der Waals surface area contributed by atoms with Gasteiger partial charge in [0.15, 0.2) is 0 Å². The van der Waals surface area contributed by atoms with Crippen LogP contribution in [0.4, 0.5) is 0 Å². The predicted octanol–water partition coefficient (Wildman–Crippen LogP) is 4.41. The number of rotatable bonds is 4. The maximum atomic E-state index is 11.6. The SMILES string of the molecule is COc1cc(C2(O)CC3CCCC(C2)N3Cc2ccccc2)ccc1C. The van der Waals surface area contributed by atoms with Crippen LogP contribution in [0.2, 0.25) is 0 Å². The molecule has 0 aromatic heterocycles. The monoisotopic (exact) mass is 351 g/mol. The summed E-state index contributed by atoms with van der Waals surface area (Å²) in [5.41, 5.74) is 2.74. The van der Waals surface area contributed by atoms with Gasteiger partial charge in [-0.2, -0.15) is 0 Å². The molecule has 2 aromatic carbocycles. The zero-order valence-electron chi connectivity index (χ0n) is 15.8. The second-order valence-corrected chi connectivity index (χ2v) is 8.02. The lowest BCUT2D eigenvalue weighted by atomic mass is 9.72. The Kier molecular flexibility index (Phi) is 4.76. The summed E-state index contributed by atoms with van der Waals surface area (Å²) < 4.78 is 5.49. The summed E-state index contributed by atoms with van der Waals surface area (Å²) in [6.45, 7) is 3.04. The Hall–Kier alpha value is -1.84. The van der Waals surface area contributed by atoms with Crippen LogP contribution in [0.3, 0.4) is 0 Å². The summed E-state index contributed by atoms with van der Waals surface area (Å²) in [7, 11) is 1.70. The van der Waals surface area contributed by atoms with Gasteiger partial charge in [0.25, 0.3) is 0 Å². The Balaban J connectivity index is 1.59. The molecule has 2 saturated heterocycles. The molecule has 2 aliphatic rings. The first kappa shape index (κ1) is 17.6. The normalized spacial score (nSPS) is 28.7. The number of fused-ring (bicyclic) bond motifs is 2. The number of nitrogens with zero attached hydrogens (tertiary/aromatic N) is 1. The number of benzene rings is 2. The maximum Gasteiger partial charge on any atom is 0.122 e. The highest BCUT2D eigenvalue weighted by molar-refractivity contribution is 5.39. The minimum atomic E-state index is -0.746. The highest BCUT2D eigenvalue weighted by atomic mass is 16.5. The second kappa shape index (κ2) is 7.05. The molecule has 2 bridgehead atoms. The van der Waals surface area contributed by atoms with Crippen LogP contribution in [-0.4, -0.2) is 29.2 Å². The van der Waals surface area contributed by atoms with Crippen LogP contribution in [0.25, 0.3) is 0 Å². The topological polar surface area (TPSA) is 32.7 Å². The fourth-order valence-corrected chi connectivity index (χ4v) is 4.92. The summed E-state index contributed by atoms with van der Waals surface area (Å²) in [6.07, 6.45) is 5.24. The summed E-state index contributed by atoms with van der Waals surface area (Å²) in [6, 6.07) is 17.8. The Labute approximate surface area is 156 Å². The van der Waals surface area contributed by atoms with Gasteiger partial charge in [-0.25, -0.2) is 0 Å². The van der Waals surface area contributed by atoms with Gasteiger partial charge in [-0.1, -0.05) is 48.9 Å². The Morgan fingerprint density at radius 1 is 1.08 bits per heavy atom. The lowest BCUT2D eigenvalue weighted by molar-refractivity contribution is -0.0999. The van der Waals surface area contributed by atoms with Gasteiger partial charge in [0, 0.05) is 18.6 Å². The molecule has 138 valence electrons. The second-order valence-electron chi connectivity index (χ2n) is 8.02. The van der Waals surface area contributed by atoms with Gasteiger partial charge in [-0.15, -0.1) is 0 Å². The predicted molar refractivity (Wildman–Crippen MR) is 104 cm³/mol. The summed E-state index contributed by atoms with van der Waals surface area (Å²) in [4.78, 5) is 2.64. The molecule has 0 aliphatic carbocycles. The number of aryl methyl sites for hydroxylation is 1. The van der Waals surface area contributed by atoms with Gasteiger partial charge < -0.3 is 9.84 Å². The number of methoxy groups -OCH3 is 1. The van der Waals surface area contributed by atoms with E-state index in [1.165, 1.54) is 24.8 Å². The third-order valence-corrected chi connectivity index (χ3v) is 6.31. The molecule has 0 saturated carbocycles. The van der Waals surface area contributed by atoms with E-state index in [9.17, 15) is 5.11 Å². The van der Waals surface area contributed by atoms with Crippen LogP contribution in [0.15, 0.2) is 48.5 Å². The summed E-state index contributed by atoms with van der Waals surface area (Å²) in [5, 5.41) is 11.6. The summed E-state index contributed by atoms with van der Waals surface area (Å²) >= 11 is 0. The van der Waals surface area contributed by atoms with E-state index in [0.717, 1.165) is 36.3 Å². The van der Waals surface area contributed by atoms with E-state index in [4.69, 9.17) is 4.74 Å². The van der Waals surface area contributed by atoms with Gasteiger partial charge in [0.1, 0.15) is 5.75 Å². The van der Waals surface area contributed by atoms with Gasteiger partial charge in [-0.3, -0.25) is 4.90 Å². The van der Waals surface area contributed by atoms with Crippen molar-refractivity contribution < 1.29 is 9.84 Å². The van der Waals surface area contributed by atoms with Gasteiger partial charge in [-0.05, 0) is 55.4 Å². The molecule has 2 unspecified atom stereocenters. The van der Waals surface area contributed by atoms with E-state index in [1.807, 2.05) is 13.0 Å². The van der Waals surface area contributed by atoms with Crippen molar-refractivity contribution in [2.24, 2.45) is 0 Å². The minimum absolute atomic E-state index is 0.444. The smallest absolute Gasteiger partial charge is 0.122 e. The van der Waals surface area contributed by atoms with Crippen molar-refractivity contribution in [3.05, 3.63) is 65.2 Å². The average Bonchev–Trinajstić information content (AvgIpc) is 2.64. The fourth-order valence-electron chi connectivity index (χ4n) is 4.92. The largest absolute Gasteiger partial charge is 0.496 e. The number of ether oxygens (including phenoxy) is 1. The average molecular weight is 351 g/mol. The van der Waals surface area contributed by atoms with Crippen molar-refractivity contribution in [3.8, 4) is 5.75 Å². The molecule has 3 heteroatoms. The van der Waals surface area contributed by atoms with E-state index >= 15 is 0 Å². The van der Waals surface area contributed by atoms with Crippen molar-refractivity contribution in [1.29, 1.82) is 0 Å². The maximum absolute atomic E-state index is 11.6. The fraction of sp³-hybridized carbons (Fsp3) is 0.478. The Bertz CT molecular complexity index is 744. The highest BCUT2D eigenvalue weighted by Crippen LogP contribution is 2.45. The third-order valence-electron chi connectivity index (χ3n) is 6.31. The van der Waals surface area contributed by atoms with Crippen LogP contribution < -0.4 is 4.74 Å². The molecule has 2 aromatic rings. The quantitative estimate of drug-likeness (QED) is 0.886. The zero-order chi connectivity index (χ0) is 18.1. The van der Waals surface area contributed by atoms with Crippen molar-refractivity contribution in [1.82, 2.24) is 4.90 Å². The van der Waals surface area contributed by atoms with Crippen molar-refractivity contribution in [3.63, 3.8) is 0 Å². The molecule has 4 rings (SSSR count). The summed E-state index contributed by atoms with van der Waals surface area (Å²) in [5.74, 6) is 0.868. The van der Waals surface area contributed by atoms with Crippen LogP contribution in [0, 0.1) is 6.92 Å². The van der Waals surface area contributed by atoms with Crippen molar-refractivity contribution >= 4 is 0 Å². The molecule has 0 spiro atoms. The molecule has 0 amide bonds. The number of hydrogen-bond donors (Lipinski definition) is 1. The molecule has 0 radical (unpaired) electrons. The first-order valence-corrected chi connectivity index (χ1v) is 9.76. The zero-order valence-corrected chi connectivity index (χ0v) is 15.8. The molecule has 2 fully saturated rings. The molecule has 1 N–H and O–H groups in total. The molecule has 2 atom stereocenters. The minimum Gasteiger partial charge on any atom is -0.496 e. The van der Waals surface area contributed by atoms with Crippen molar-refractivity contribution in [2.75, 3.05) is 7.11 Å². The van der Waals surface area contributed by atoms with Crippen LogP contribution in [0.1, 0.15) is 48.8 Å². The molecular formula is C23H29NO2. The van der Waals surface area contributed by atoms with E-state index in [-0.39, 0.29) is 0 Å². The highest BCUT2D eigenvalue weighted by Gasteiger charge is 2.46. The molecule has 2 heterocycles. The molecule has 26 heavy (non-hydrogen) atoms. The van der Waals surface area contributed by atoms with Crippen LogP contribution in [-0.2, 0) is 12.1 Å². The number of piperidine rings is 2. The lowest BCUT2D eigenvalue weighted by Gasteiger charge is -2.52. The van der Waals surface area contributed by atoms with E-state index < -0.39 is 5.60 Å². The lowest BCUT2D eigenvalue weighted by Crippen LogP contribution is -2.56. The van der Waals surface area contributed by atoms with Crippen molar-refractivity contribution in [2.45, 2.75) is 63.3 Å². The first-order valence-electron chi connectivity index (χ1n) is 9.76. The van der Waals surface area contributed by atoms with E-state index in [2.05, 4.69) is 47.4 Å². The van der Waals surface area contributed by atoms with Gasteiger partial charge in [0.05, 0.1) is 12.7 Å². The first-order chi connectivity index (χ1) is 12.6. The standard InChI is InChI=1S/C23H29NO2/c1-17-11-12-19(13-22(17)26-2)23(25)14-20-9-6-10-21(15-23)24(20)16-18-7-4-3-5-8-18/h3-5,7-8,11-13,20-21,25H,6,9-10,14-16H2,1-2H3. The third kappa shape index (κ3) is 3.26. The van der Waals surface area contributed by atoms with Crippen LogP contribution >= 0.6 is 0 Å². The Morgan fingerprint density at radius 3 is 2.42 bits per heavy atom. The van der Waals surface area contributed by atoms with E-state index in [0.29, 0.717) is 12.1 Å². The number of aliphatic hydroxyl groups is 1. The van der Waals surface area contributed by atoms with Gasteiger partial charge in [0.2, 0.25) is 0 Å². The van der Waals surface area contributed by atoms with E-state index in [1.54, 1.807) is 7.11 Å². The molecule has 3 nitrogen and oxygen atoms in total.